The minimum atomic E-state index is -2.29. The zero-order chi connectivity index (χ0) is 22.0. The quantitative estimate of drug-likeness (QED) is 0.203. The molecule has 0 heterocycles. The Hall–Kier alpha value is -3.14. The predicted molar refractivity (Wildman–Crippen MR) is 99.3 cm³/mol. The Morgan fingerprint density at radius 1 is 0.800 bits per heavy atom. The SMILES string of the molecule is COc1ccc(N=Nc2c(F)c(F)c(F)c(F)c2F)cc1S(=O)c1ccc(C)cc1. The molecule has 156 valence electrons. The van der Waals surface area contributed by atoms with Crippen molar-refractivity contribution in [1.29, 1.82) is 0 Å². The molecule has 0 aliphatic rings. The molecule has 1 atom stereocenters. The van der Waals surface area contributed by atoms with E-state index in [0.717, 1.165) is 5.56 Å². The maximum atomic E-state index is 13.7. The summed E-state index contributed by atoms with van der Waals surface area (Å²) >= 11 is 0. The third-order valence-electron chi connectivity index (χ3n) is 4.03. The third-order valence-corrected chi connectivity index (χ3v) is 5.45. The summed E-state index contributed by atoms with van der Waals surface area (Å²) in [6.45, 7) is 1.87. The van der Waals surface area contributed by atoms with E-state index in [1.807, 2.05) is 6.92 Å². The van der Waals surface area contributed by atoms with E-state index in [9.17, 15) is 26.2 Å². The number of ether oxygens (including phenoxy) is 1. The highest BCUT2D eigenvalue weighted by Gasteiger charge is 2.26. The molecule has 10 heteroatoms. The number of azo groups is 1. The Balaban J connectivity index is 2.02. The summed E-state index contributed by atoms with van der Waals surface area (Å²) in [5.41, 5.74) is -0.494. The Kier molecular flexibility index (Phi) is 6.25. The van der Waals surface area contributed by atoms with Gasteiger partial charge < -0.3 is 4.74 Å². The second kappa shape index (κ2) is 8.70. The lowest BCUT2D eigenvalue weighted by molar-refractivity contribution is 0.380. The van der Waals surface area contributed by atoms with E-state index in [1.54, 1.807) is 24.3 Å². The average molecular weight is 440 g/mol. The average Bonchev–Trinajstić information content (AvgIpc) is 2.76. The number of rotatable bonds is 5. The number of halogens is 5. The molecule has 1 unspecified atom stereocenters. The van der Waals surface area contributed by atoms with Crippen LogP contribution in [0.25, 0.3) is 0 Å². The standard InChI is InChI=1S/C20H13F5N2O2S/c1-10-3-6-12(7-4-10)30(28)14-9-11(5-8-13(14)29-2)26-27-20-18(24)16(22)15(21)17(23)19(20)25/h3-9H,1-2H3. The minimum absolute atomic E-state index is 0.0322. The first-order valence-electron chi connectivity index (χ1n) is 8.34. The fourth-order valence-corrected chi connectivity index (χ4v) is 3.65. The second-order valence-corrected chi connectivity index (χ2v) is 7.48. The van der Waals surface area contributed by atoms with E-state index in [2.05, 4.69) is 10.2 Å². The van der Waals surface area contributed by atoms with Crippen molar-refractivity contribution in [2.45, 2.75) is 16.7 Å². The van der Waals surface area contributed by atoms with E-state index in [-0.39, 0.29) is 16.3 Å². The molecule has 30 heavy (non-hydrogen) atoms. The van der Waals surface area contributed by atoms with Crippen LogP contribution in [0.3, 0.4) is 0 Å². The molecule has 0 aromatic heterocycles. The number of hydrogen-bond donors (Lipinski definition) is 0. The summed E-state index contributed by atoms with van der Waals surface area (Å²) in [7, 11) is -0.326. The van der Waals surface area contributed by atoms with E-state index in [4.69, 9.17) is 4.74 Å². The molecular formula is C20H13F5N2O2S. The lowest BCUT2D eigenvalue weighted by Gasteiger charge is -2.09. The summed E-state index contributed by atoms with van der Waals surface area (Å²) in [5.74, 6) is -10.5. The summed E-state index contributed by atoms with van der Waals surface area (Å²) in [5, 5.41) is 6.70. The summed E-state index contributed by atoms with van der Waals surface area (Å²) in [4.78, 5) is 0.656. The van der Waals surface area contributed by atoms with Crippen LogP contribution in [0.1, 0.15) is 5.56 Å². The molecule has 3 aromatic rings. The van der Waals surface area contributed by atoms with Gasteiger partial charge in [0.25, 0.3) is 0 Å². The molecule has 0 spiro atoms. The lowest BCUT2D eigenvalue weighted by atomic mass is 10.2. The first-order valence-corrected chi connectivity index (χ1v) is 9.49. The van der Waals surface area contributed by atoms with Crippen LogP contribution in [0.15, 0.2) is 62.5 Å². The fourth-order valence-electron chi connectivity index (χ4n) is 2.45. The van der Waals surface area contributed by atoms with Crippen LogP contribution in [-0.4, -0.2) is 11.3 Å². The normalized spacial score (nSPS) is 12.4. The number of nitrogens with zero attached hydrogens (tertiary/aromatic N) is 2. The van der Waals surface area contributed by atoms with Gasteiger partial charge in [0.15, 0.2) is 29.0 Å². The highest BCUT2D eigenvalue weighted by molar-refractivity contribution is 7.85. The van der Waals surface area contributed by atoms with Crippen LogP contribution in [-0.2, 0) is 10.8 Å². The van der Waals surface area contributed by atoms with Crippen molar-refractivity contribution in [2.24, 2.45) is 10.2 Å². The van der Waals surface area contributed by atoms with Crippen LogP contribution in [0, 0.1) is 36.0 Å². The zero-order valence-corrected chi connectivity index (χ0v) is 16.4. The molecule has 0 amide bonds. The molecule has 0 bridgehead atoms. The van der Waals surface area contributed by atoms with Gasteiger partial charge in [-0.25, -0.2) is 26.2 Å². The zero-order valence-electron chi connectivity index (χ0n) is 15.6. The Morgan fingerprint density at radius 3 is 1.93 bits per heavy atom. The Bertz CT molecular complexity index is 1140. The van der Waals surface area contributed by atoms with Gasteiger partial charge in [0, 0.05) is 4.90 Å². The lowest BCUT2D eigenvalue weighted by Crippen LogP contribution is -2.00. The molecule has 0 saturated heterocycles. The number of benzene rings is 3. The number of methoxy groups -OCH3 is 1. The van der Waals surface area contributed by atoms with Crippen LogP contribution in [0.5, 0.6) is 5.75 Å². The van der Waals surface area contributed by atoms with Gasteiger partial charge in [-0.2, -0.15) is 5.11 Å². The van der Waals surface area contributed by atoms with Gasteiger partial charge >= 0.3 is 0 Å². The smallest absolute Gasteiger partial charge is 0.200 e. The molecule has 0 radical (unpaired) electrons. The van der Waals surface area contributed by atoms with Crippen molar-refractivity contribution in [3.63, 3.8) is 0 Å². The highest BCUT2D eigenvalue weighted by atomic mass is 32.2. The van der Waals surface area contributed by atoms with Gasteiger partial charge in [0.05, 0.1) is 28.5 Å². The highest BCUT2D eigenvalue weighted by Crippen LogP contribution is 2.33. The molecule has 0 aliphatic carbocycles. The van der Waals surface area contributed by atoms with Crippen molar-refractivity contribution in [3.8, 4) is 5.75 Å². The first-order chi connectivity index (χ1) is 14.2. The van der Waals surface area contributed by atoms with Gasteiger partial charge in [0.1, 0.15) is 5.75 Å². The molecule has 4 nitrogen and oxygen atoms in total. The van der Waals surface area contributed by atoms with Crippen molar-refractivity contribution in [1.82, 2.24) is 0 Å². The fraction of sp³-hybridized carbons (Fsp3) is 0.100. The van der Waals surface area contributed by atoms with Crippen LogP contribution >= 0.6 is 0 Å². The summed E-state index contributed by atoms with van der Waals surface area (Å²) in [6, 6.07) is 10.9. The molecule has 0 aliphatic heterocycles. The molecule has 0 N–H and O–H groups in total. The Labute approximate surface area is 170 Å². The van der Waals surface area contributed by atoms with E-state index in [1.165, 1.54) is 25.3 Å². The molecule has 0 fully saturated rings. The van der Waals surface area contributed by atoms with Gasteiger partial charge in [-0.05, 0) is 37.3 Å². The monoisotopic (exact) mass is 440 g/mol. The maximum absolute atomic E-state index is 13.7. The number of aryl methyl sites for hydroxylation is 1. The summed E-state index contributed by atoms with van der Waals surface area (Å²) in [6.07, 6.45) is 0. The first kappa shape index (κ1) is 21.6. The maximum Gasteiger partial charge on any atom is 0.200 e. The van der Waals surface area contributed by atoms with E-state index >= 15 is 0 Å². The largest absolute Gasteiger partial charge is 0.495 e. The van der Waals surface area contributed by atoms with Crippen molar-refractivity contribution in [3.05, 3.63) is 77.1 Å². The molecule has 0 saturated carbocycles. The number of hydrogen-bond acceptors (Lipinski definition) is 4. The van der Waals surface area contributed by atoms with Crippen molar-refractivity contribution < 1.29 is 30.9 Å². The minimum Gasteiger partial charge on any atom is -0.495 e. The second-order valence-electron chi connectivity index (χ2n) is 6.04. The van der Waals surface area contributed by atoms with Gasteiger partial charge in [0.2, 0.25) is 5.82 Å². The molecule has 3 rings (SSSR count). The van der Waals surface area contributed by atoms with Crippen LogP contribution in [0.2, 0.25) is 0 Å². The van der Waals surface area contributed by atoms with Crippen molar-refractivity contribution >= 4 is 22.2 Å². The molecule has 3 aromatic carbocycles. The van der Waals surface area contributed by atoms with Crippen LogP contribution in [0.4, 0.5) is 33.3 Å². The molecular weight excluding hydrogens is 427 g/mol. The third kappa shape index (κ3) is 4.09. The Morgan fingerprint density at radius 2 is 1.37 bits per heavy atom. The topological polar surface area (TPSA) is 51.0 Å². The van der Waals surface area contributed by atoms with Crippen LogP contribution < -0.4 is 4.74 Å². The van der Waals surface area contributed by atoms with E-state index in [0.29, 0.717) is 4.90 Å². The van der Waals surface area contributed by atoms with Crippen molar-refractivity contribution in [2.75, 3.05) is 7.11 Å². The van der Waals surface area contributed by atoms with Gasteiger partial charge in [-0.1, -0.05) is 17.7 Å². The van der Waals surface area contributed by atoms with Gasteiger partial charge in [-0.3, -0.25) is 0 Å². The van der Waals surface area contributed by atoms with E-state index < -0.39 is 45.6 Å². The summed E-state index contributed by atoms with van der Waals surface area (Å²) < 4.78 is 85.3. The van der Waals surface area contributed by atoms with Gasteiger partial charge in [-0.15, -0.1) is 5.11 Å². The predicted octanol–water partition coefficient (Wildman–Crippen LogP) is 6.28.